The van der Waals surface area contributed by atoms with E-state index in [-0.39, 0.29) is 0 Å². The first kappa shape index (κ1) is 16.2. The van der Waals surface area contributed by atoms with Crippen molar-refractivity contribution in [2.45, 2.75) is 6.92 Å². The maximum Gasteiger partial charge on any atom is 0.221 e. The molecule has 0 spiro atoms. The molecular weight excluding hydrogens is 334 g/mol. The van der Waals surface area contributed by atoms with Crippen molar-refractivity contribution in [3.8, 4) is 17.0 Å². The Morgan fingerprint density at radius 2 is 1.96 bits per heavy atom. The first-order valence-corrected chi connectivity index (χ1v) is 9.38. The molecule has 130 valence electrons. The molecule has 4 rings (SSSR count). The van der Waals surface area contributed by atoms with Gasteiger partial charge < -0.3 is 14.5 Å². The van der Waals surface area contributed by atoms with Gasteiger partial charge in [0.25, 0.3) is 0 Å². The first-order chi connectivity index (χ1) is 12.3. The van der Waals surface area contributed by atoms with Crippen LogP contribution in [0.15, 0.2) is 30.0 Å². The number of piperazine rings is 1. The number of methoxy groups -OCH3 is 1. The lowest BCUT2D eigenvalue weighted by atomic mass is 10.1. The molecule has 3 aromatic heterocycles. The number of likely N-dealkylation sites (N-methyl/N-ethyl adjacent to an activating group) is 1. The third-order valence-electron chi connectivity index (χ3n) is 4.72. The van der Waals surface area contributed by atoms with Crippen LogP contribution < -0.4 is 9.64 Å². The van der Waals surface area contributed by atoms with Crippen molar-refractivity contribution in [1.82, 2.24) is 19.9 Å². The summed E-state index contributed by atoms with van der Waals surface area (Å²) in [6, 6.07) is 3.98. The highest BCUT2D eigenvalue weighted by atomic mass is 32.1. The SMILES string of the molecule is CCN1CCN(c2ncnc3scc(-c4cccnc4OC)c23)CC1. The van der Waals surface area contributed by atoms with Gasteiger partial charge in [0.2, 0.25) is 5.88 Å². The highest BCUT2D eigenvalue weighted by Crippen LogP contribution is 2.40. The molecule has 25 heavy (non-hydrogen) atoms. The standard InChI is InChI=1S/C18H21N5OS/c1-3-22-7-9-23(10-8-22)16-15-14(11-25-18(15)21-12-20-16)13-5-4-6-19-17(13)24-2/h4-6,11-12H,3,7-10H2,1-2H3. The van der Waals surface area contributed by atoms with Crippen LogP contribution >= 0.6 is 11.3 Å². The fourth-order valence-corrected chi connectivity index (χ4v) is 4.23. The molecule has 1 aliphatic heterocycles. The number of thiophene rings is 1. The number of hydrogen-bond acceptors (Lipinski definition) is 7. The molecule has 7 heteroatoms. The van der Waals surface area contributed by atoms with Crippen molar-refractivity contribution in [3.05, 3.63) is 30.0 Å². The Balaban J connectivity index is 1.80. The van der Waals surface area contributed by atoms with E-state index >= 15 is 0 Å². The molecule has 0 N–H and O–H groups in total. The minimum atomic E-state index is 0.632. The van der Waals surface area contributed by atoms with E-state index in [1.165, 1.54) is 0 Å². The summed E-state index contributed by atoms with van der Waals surface area (Å²) in [4.78, 5) is 19.3. The van der Waals surface area contributed by atoms with Gasteiger partial charge in [-0.05, 0) is 18.7 Å². The number of hydrogen-bond donors (Lipinski definition) is 0. The maximum absolute atomic E-state index is 5.46. The van der Waals surface area contributed by atoms with Crippen molar-refractivity contribution >= 4 is 27.4 Å². The topological polar surface area (TPSA) is 54.4 Å². The Bertz CT molecular complexity index is 873. The maximum atomic E-state index is 5.46. The largest absolute Gasteiger partial charge is 0.481 e. The Kier molecular flexibility index (Phi) is 4.50. The molecule has 3 aromatic rings. The summed E-state index contributed by atoms with van der Waals surface area (Å²) in [7, 11) is 1.65. The van der Waals surface area contributed by atoms with Crippen LogP contribution in [-0.2, 0) is 0 Å². The van der Waals surface area contributed by atoms with Gasteiger partial charge in [-0.1, -0.05) is 6.92 Å². The Morgan fingerprint density at radius 1 is 1.12 bits per heavy atom. The second kappa shape index (κ2) is 6.93. The summed E-state index contributed by atoms with van der Waals surface area (Å²) >= 11 is 1.64. The lowest BCUT2D eigenvalue weighted by molar-refractivity contribution is 0.271. The number of aromatic nitrogens is 3. The Hall–Kier alpha value is -2.25. The molecule has 1 aliphatic rings. The molecule has 0 saturated carbocycles. The van der Waals surface area contributed by atoms with Gasteiger partial charge in [-0.15, -0.1) is 11.3 Å². The average molecular weight is 355 g/mol. The highest BCUT2D eigenvalue weighted by Gasteiger charge is 2.22. The van der Waals surface area contributed by atoms with E-state index in [2.05, 4.69) is 37.1 Å². The summed E-state index contributed by atoms with van der Waals surface area (Å²) in [5.74, 6) is 1.65. The zero-order chi connectivity index (χ0) is 17.2. The summed E-state index contributed by atoms with van der Waals surface area (Å²) in [5.41, 5.74) is 2.08. The van der Waals surface area contributed by atoms with Gasteiger partial charge in [-0.25, -0.2) is 15.0 Å². The molecule has 0 bridgehead atoms. The van der Waals surface area contributed by atoms with Crippen molar-refractivity contribution in [2.24, 2.45) is 0 Å². The third kappa shape index (κ3) is 2.94. The number of pyridine rings is 1. The summed E-state index contributed by atoms with van der Waals surface area (Å²) < 4.78 is 5.46. The fourth-order valence-electron chi connectivity index (χ4n) is 3.33. The Morgan fingerprint density at radius 3 is 2.72 bits per heavy atom. The quantitative estimate of drug-likeness (QED) is 0.717. The fraction of sp³-hybridized carbons (Fsp3) is 0.389. The summed E-state index contributed by atoms with van der Waals surface area (Å²) in [5, 5.41) is 3.23. The zero-order valence-corrected chi connectivity index (χ0v) is 15.3. The van der Waals surface area contributed by atoms with Gasteiger partial charge in [0.05, 0.1) is 12.5 Å². The van der Waals surface area contributed by atoms with E-state index in [0.717, 1.165) is 59.9 Å². The molecule has 1 fully saturated rings. The molecule has 0 amide bonds. The molecule has 0 atom stereocenters. The summed E-state index contributed by atoms with van der Waals surface area (Å²) in [6.45, 7) is 7.42. The van der Waals surface area contributed by atoms with E-state index < -0.39 is 0 Å². The van der Waals surface area contributed by atoms with Crippen LogP contribution in [0.5, 0.6) is 5.88 Å². The lowest BCUT2D eigenvalue weighted by Gasteiger charge is -2.35. The second-order valence-electron chi connectivity index (χ2n) is 6.01. The third-order valence-corrected chi connectivity index (χ3v) is 5.61. The molecule has 6 nitrogen and oxygen atoms in total. The van der Waals surface area contributed by atoms with Crippen LogP contribution in [0, 0.1) is 0 Å². The predicted octanol–water partition coefficient (Wildman–Crippen LogP) is 2.90. The molecule has 0 unspecified atom stereocenters. The Labute approximate surface area is 151 Å². The van der Waals surface area contributed by atoms with E-state index in [0.29, 0.717) is 5.88 Å². The van der Waals surface area contributed by atoms with Gasteiger partial charge in [0.15, 0.2) is 0 Å². The van der Waals surface area contributed by atoms with Gasteiger partial charge >= 0.3 is 0 Å². The van der Waals surface area contributed by atoms with Crippen molar-refractivity contribution < 1.29 is 4.74 Å². The predicted molar refractivity (Wildman–Crippen MR) is 102 cm³/mol. The number of nitrogens with zero attached hydrogens (tertiary/aromatic N) is 5. The molecule has 4 heterocycles. The second-order valence-corrected chi connectivity index (χ2v) is 6.87. The first-order valence-electron chi connectivity index (χ1n) is 8.50. The molecule has 0 radical (unpaired) electrons. The molecule has 0 aromatic carbocycles. The van der Waals surface area contributed by atoms with Crippen LogP contribution in [0.25, 0.3) is 21.3 Å². The minimum Gasteiger partial charge on any atom is -0.481 e. The van der Waals surface area contributed by atoms with Gasteiger partial charge in [-0.3, -0.25) is 0 Å². The van der Waals surface area contributed by atoms with Crippen LogP contribution in [0.2, 0.25) is 0 Å². The van der Waals surface area contributed by atoms with Crippen molar-refractivity contribution in [1.29, 1.82) is 0 Å². The molecule has 0 aliphatic carbocycles. The zero-order valence-electron chi connectivity index (χ0n) is 14.5. The number of ether oxygens (including phenoxy) is 1. The van der Waals surface area contributed by atoms with Crippen LogP contribution in [0.4, 0.5) is 5.82 Å². The lowest BCUT2D eigenvalue weighted by Crippen LogP contribution is -2.46. The average Bonchev–Trinajstić information content (AvgIpc) is 3.12. The van der Waals surface area contributed by atoms with E-state index in [1.807, 2.05) is 12.1 Å². The van der Waals surface area contributed by atoms with Gasteiger partial charge in [0.1, 0.15) is 17.0 Å². The smallest absolute Gasteiger partial charge is 0.221 e. The van der Waals surface area contributed by atoms with Crippen molar-refractivity contribution in [2.75, 3.05) is 44.7 Å². The number of rotatable bonds is 4. The molecular formula is C18H21N5OS. The number of fused-ring (bicyclic) bond motifs is 1. The van der Waals surface area contributed by atoms with E-state index in [1.54, 1.807) is 31.0 Å². The highest BCUT2D eigenvalue weighted by molar-refractivity contribution is 7.17. The van der Waals surface area contributed by atoms with Gasteiger partial charge in [-0.2, -0.15) is 0 Å². The normalized spacial score (nSPS) is 15.7. The number of anilines is 1. The van der Waals surface area contributed by atoms with Crippen LogP contribution in [0.3, 0.4) is 0 Å². The summed E-state index contributed by atoms with van der Waals surface area (Å²) in [6.07, 6.45) is 3.42. The van der Waals surface area contributed by atoms with E-state index in [9.17, 15) is 0 Å². The minimum absolute atomic E-state index is 0.632. The van der Waals surface area contributed by atoms with E-state index in [4.69, 9.17) is 4.74 Å². The monoisotopic (exact) mass is 355 g/mol. The van der Waals surface area contributed by atoms with Crippen molar-refractivity contribution in [3.63, 3.8) is 0 Å². The molecule has 1 saturated heterocycles. The van der Waals surface area contributed by atoms with Gasteiger partial charge in [0, 0.05) is 48.9 Å². The van der Waals surface area contributed by atoms with Crippen LogP contribution in [-0.4, -0.2) is 59.7 Å². The van der Waals surface area contributed by atoms with Crippen LogP contribution in [0.1, 0.15) is 6.92 Å².